The zero-order chi connectivity index (χ0) is 13.5. The normalized spacial score (nSPS) is 9.94. The van der Waals surface area contributed by atoms with Crippen LogP contribution in [0.5, 0.6) is 0 Å². The lowest BCUT2D eigenvalue weighted by molar-refractivity contribution is -0.120. The van der Waals surface area contributed by atoms with Crippen LogP contribution in [-0.4, -0.2) is 29.9 Å². The summed E-state index contributed by atoms with van der Waals surface area (Å²) in [5, 5.41) is 5.47. The molecule has 0 radical (unpaired) electrons. The summed E-state index contributed by atoms with van der Waals surface area (Å²) in [6.07, 6.45) is 0.220. The van der Waals surface area contributed by atoms with Crippen LogP contribution in [0.15, 0.2) is 12.1 Å². The molecule has 0 bridgehead atoms. The monoisotopic (exact) mass is 289 g/mol. The van der Waals surface area contributed by atoms with Crippen molar-refractivity contribution in [2.75, 3.05) is 13.1 Å². The van der Waals surface area contributed by atoms with E-state index < -0.39 is 0 Å². The number of rotatable bonds is 5. The molecule has 5 nitrogen and oxygen atoms in total. The number of aromatic nitrogens is 1. The van der Waals surface area contributed by atoms with Crippen LogP contribution < -0.4 is 10.6 Å². The van der Waals surface area contributed by atoms with Crippen molar-refractivity contribution in [2.24, 2.45) is 0 Å². The van der Waals surface area contributed by atoms with E-state index in [-0.39, 0.29) is 40.6 Å². The molecule has 0 saturated heterocycles. The average Bonchev–Trinajstić information content (AvgIpc) is 2.29. The van der Waals surface area contributed by atoms with Gasteiger partial charge in [-0.2, -0.15) is 0 Å². The average molecular weight is 290 g/mol. The summed E-state index contributed by atoms with van der Waals surface area (Å²) < 4.78 is 0. The van der Waals surface area contributed by atoms with E-state index in [1.54, 1.807) is 0 Å². The van der Waals surface area contributed by atoms with Crippen LogP contribution in [0.25, 0.3) is 0 Å². The number of hydrogen-bond donors (Lipinski definition) is 2. The van der Waals surface area contributed by atoms with Crippen LogP contribution in [0.2, 0.25) is 10.3 Å². The molecule has 1 aromatic heterocycles. The zero-order valence-electron chi connectivity index (χ0n) is 9.80. The van der Waals surface area contributed by atoms with E-state index >= 15 is 0 Å². The maximum absolute atomic E-state index is 11.7. The van der Waals surface area contributed by atoms with Crippen molar-refractivity contribution in [2.45, 2.75) is 13.3 Å². The van der Waals surface area contributed by atoms with Gasteiger partial charge in [0.25, 0.3) is 5.91 Å². The first-order valence-electron chi connectivity index (χ1n) is 5.41. The van der Waals surface area contributed by atoms with E-state index in [9.17, 15) is 9.59 Å². The third-order valence-electron chi connectivity index (χ3n) is 2.07. The van der Waals surface area contributed by atoms with E-state index in [1.807, 2.05) is 6.92 Å². The van der Waals surface area contributed by atoms with E-state index in [0.717, 1.165) is 0 Å². The lowest BCUT2D eigenvalue weighted by atomic mass is 10.2. The zero-order valence-corrected chi connectivity index (χ0v) is 11.3. The smallest absolute Gasteiger partial charge is 0.254 e. The quantitative estimate of drug-likeness (QED) is 0.810. The maximum atomic E-state index is 11.7. The third kappa shape index (κ3) is 4.50. The van der Waals surface area contributed by atoms with Crippen LogP contribution >= 0.6 is 23.2 Å². The molecule has 2 N–H and O–H groups in total. The summed E-state index contributed by atoms with van der Waals surface area (Å²) in [4.78, 5) is 26.6. The van der Waals surface area contributed by atoms with Gasteiger partial charge in [-0.3, -0.25) is 9.59 Å². The molecule has 0 atom stereocenters. The number of carbonyl (C=O) groups excluding carboxylic acids is 2. The molecule has 1 rings (SSSR count). The van der Waals surface area contributed by atoms with Gasteiger partial charge in [-0.1, -0.05) is 23.2 Å². The Morgan fingerprint density at radius 1 is 1.28 bits per heavy atom. The Bertz CT molecular complexity index is 452. The van der Waals surface area contributed by atoms with Crippen LogP contribution in [0.4, 0.5) is 0 Å². The van der Waals surface area contributed by atoms with E-state index in [4.69, 9.17) is 23.2 Å². The molecular weight excluding hydrogens is 277 g/mol. The van der Waals surface area contributed by atoms with Gasteiger partial charge in [-0.05, 0) is 19.1 Å². The molecule has 7 heteroatoms. The first-order valence-corrected chi connectivity index (χ1v) is 6.17. The Kier molecular flexibility index (Phi) is 5.88. The van der Waals surface area contributed by atoms with E-state index in [0.29, 0.717) is 6.54 Å². The van der Waals surface area contributed by atoms with Crippen LogP contribution in [0, 0.1) is 0 Å². The molecular formula is C11H13Cl2N3O2. The van der Waals surface area contributed by atoms with Crippen LogP contribution in [-0.2, 0) is 4.79 Å². The van der Waals surface area contributed by atoms with Crippen molar-refractivity contribution in [3.8, 4) is 0 Å². The number of halogens is 2. The highest BCUT2D eigenvalue weighted by Gasteiger charge is 2.11. The summed E-state index contributed by atoms with van der Waals surface area (Å²) in [6, 6.07) is 2.96. The molecule has 0 saturated carbocycles. The number of pyridine rings is 1. The number of carbonyl (C=O) groups is 2. The summed E-state index contributed by atoms with van der Waals surface area (Å²) in [6.45, 7) is 2.64. The lowest BCUT2D eigenvalue weighted by Crippen LogP contribution is -2.30. The van der Waals surface area contributed by atoms with Crippen molar-refractivity contribution in [3.05, 3.63) is 28.0 Å². The fourth-order valence-electron chi connectivity index (χ4n) is 1.25. The Labute approximate surface area is 115 Å². The molecule has 0 aliphatic heterocycles. The first kappa shape index (κ1) is 14.7. The maximum Gasteiger partial charge on any atom is 0.254 e. The van der Waals surface area contributed by atoms with Gasteiger partial charge in [-0.15, -0.1) is 0 Å². The minimum atomic E-state index is -0.381. The predicted octanol–water partition coefficient (Wildman–Crippen LogP) is 1.64. The summed E-state index contributed by atoms with van der Waals surface area (Å²) in [5.41, 5.74) is 0.233. The minimum Gasteiger partial charge on any atom is -0.356 e. The highest BCUT2D eigenvalue weighted by molar-refractivity contribution is 6.34. The molecule has 2 amide bonds. The van der Waals surface area contributed by atoms with Gasteiger partial charge >= 0.3 is 0 Å². The van der Waals surface area contributed by atoms with Crippen LogP contribution in [0.3, 0.4) is 0 Å². The van der Waals surface area contributed by atoms with E-state index in [1.165, 1.54) is 12.1 Å². The van der Waals surface area contributed by atoms with E-state index in [2.05, 4.69) is 15.6 Å². The number of amides is 2. The topological polar surface area (TPSA) is 71.1 Å². The Balaban J connectivity index is 2.48. The summed E-state index contributed by atoms with van der Waals surface area (Å²) >= 11 is 11.4. The van der Waals surface area contributed by atoms with Gasteiger partial charge in [-0.25, -0.2) is 4.98 Å². The van der Waals surface area contributed by atoms with Gasteiger partial charge in [0, 0.05) is 19.5 Å². The number of hydrogen-bond acceptors (Lipinski definition) is 3. The van der Waals surface area contributed by atoms with Gasteiger partial charge in [0.2, 0.25) is 5.91 Å². The largest absolute Gasteiger partial charge is 0.356 e. The van der Waals surface area contributed by atoms with Gasteiger partial charge < -0.3 is 10.6 Å². The molecule has 0 unspecified atom stereocenters. The summed E-state index contributed by atoms with van der Waals surface area (Å²) in [7, 11) is 0. The van der Waals surface area contributed by atoms with Gasteiger partial charge in [0.1, 0.15) is 10.3 Å². The Morgan fingerprint density at radius 3 is 2.61 bits per heavy atom. The first-order chi connectivity index (χ1) is 8.54. The Morgan fingerprint density at radius 2 is 2.00 bits per heavy atom. The lowest BCUT2D eigenvalue weighted by Gasteiger charge is -2.06. The molecule has 18 heavy (non-hydrogen) atoms. The molecule has 0 aliphatic rings. The second kappa shape index (κ2) is 7.18. The molecule has 0 fully saturated rings. The molecule has 0 aliphatic carbocycles. The van der Waals surface area contributed by atoms with Crippen LogP contribution in [0.1, 0.15) is 23.7 Å². The second-order valence-electron chi connectivity index (χ2n) is 3.43. The van der Waals surface area contributed by atoms with Gasteiger partial charge in [0.15, 0.2) is 0 Å². The van der Waals surface area contributed by atoms with Crippen molar-refractivity contribution < 1.29 is 9.59 Å². The highest BCUT2D eigenvalue weighted by atomic mass is 35.5. The molecule has 1 aromatic rings. The molecule has 1 heterocycles. The van der Waals surface area contributed by atoms with Gasteiger partial charge in [0.05, 0.1) is 5.56 Å². The predicted molar refractivity (Wildman–Crippen MR) is 69.9 cm³/mol. The second-order valence-corrected chi connectivity index (χ2v) is 4.18. The third-order valence-corrected chi connectivity index (χ3v) is 2.57. The highest BCUT2D eigenvalue weighted by Crippen LogP contribution is 2.16. The standard InChI is InChI=1S/C11H13Cl2N3O2/c1-2-14-9(17)5-6-15-11(18)7-3-4-8(12)16-10(7)13/h3-4H,2,5-6H2,1H3,(H,14,17)(H,15,18). The molecule has 0 spiro atoms. The SMILES string of the molecule is CCNC(=O)CCNC(=O)c1ccc(Cl)nc1Cl. The Hall–Kier alpha value is -1.33. The fourth-order valence-corrected chi connectivity index (χ4v) is 1.68. The van der Waals surface area contributed by atoms with Crippen molar-refractivity contribution in [1.29, 1.82) is 0 Å². The fraction of sp³-hybridized carbons (Fsp3) is 0.364. The molecule has 0 aromatic carbocycles. The number of nitrogens with one attached hydrogen (secondary N) is 2. The minimum absolute atomic E-state index is 0.0398. The molecule has 98 valence electrons. The number of nitrogens with zero attached hydrogens (tertiary/aromatic N) is 1. The van der Waals surface area contributed by atoms with Crippen molar-refractivity contribution in [3.63, 3.8) is 0 Å². The van der Waals surface area contributed by atoms with Crippen molar-refractivity contribution >= 4 is 35.0 Å². The summed E-state index contributed by atoms with van der Waals surface area (Å²) in [5.74, 6) is -0.494. The van der Waals surface area contributed by atoms with Crippen molar-refractivity contribution in [1.82, 2.24) is 15.6 Å².